The van der Waals surface area contributed by atoms with Crippen LogP contribution in [0.2, 0.25) is 0 Å². The van der Waals surface area contributed by atoms with Crippen LogP contribution in [0.4, 0.5) is 11.4 Å². The summed E-state index contributed by atoms with van der Waals surface area (Å²) in [5, 5.41) is 9.73. The first-order chi connectivity index (χ1) is 18.1. The topological polar surface area (TPSA) is 106 Å². The number of Topliss-reactive ketones (excluding diaryl/α,β-unsaturated/α-hetero) is 1. The van der Waals surface area contributed by atoms with Crippen LogP contribution in [0, 0.1) is 12.5 Å². The molecule has 0 saturated carbocycles. The van der Waals surface area contributed by atoms with Crippen molar-refractivity contribution in [1.82, 2.24) is 9.55 Å². The van der Waals surface area contributed by atoms with Crippen LogP contribution in [0.25, 0.3) is 15.9 Å². The summed E-state index contributed by atoms with van der Waals surface area (Å²) < 4.78 is 7.76. The summed E-state index contributed by atoms with van der Waals surface area (Å²) in [4.78, 5) is 45.5. The molecule has 1 unspecified atom stereocenters. The maximum absolute atomic E-state index is 13.3. The van der Waals surface area contributed by atoms with E-state index in [-0.39, 0.29) is 30.4 Å². The van der Waals surface area contributed by atoms with Gasteiger partial charge in [0.2, 0.25) is 11.6 Å². The molecule has 3 aromatic rings. The molecule has 2 aromatic heterocycles. The number of anilines is 1. The van der Waals surface area contributed by atoms with Crippen LogP contribution >= 0.6 is 0 Å². The number of fused-ring (bicyclic) bond motifs is 1. The van der Waals surface area contributed by atoms with E-state index in [0.717, 1.165) is 29.8 Å². The summed E-state index contributed by atoms with van der Waals surface area (Å²) in [7, 11) is 3.60. The van der Waals surface area contributed by atoms with Crippen molar-refractivity contribution in [2.75, 3.05) is 18.6 Å². The van der Waals surface area contributed by atoms with E-state index < -0.39 is 5.97 Å². The molecule has 1 aromatic carbocycles. The van der Waals surface area contributed by atoms with Gasteiger partial charge in [0.1, 0.15) is 5.65 Å². The fourth-order valence-electron chi connectivity index (χ4n) is 4.53. The van der Waals surface area contributed by atoms with Crippen LogP contribution in [-0.4, -0.2) is 46.0 Å². The van der Waals surface area contributed by atoms with Gasteiger partial charge in [-0.05, 0) is 48.9 Å². The third-order valence-corrected chi connectivity index (χ3v) is 6.59. The van der Waals surface area contributed by atoms with Gasteiger partial charge in [0.25, 0.3) is 0 Å². The quantitative estimate of drug-likeness (QED) is 0.186. The summed E-state index contributed by atoms with van der Waals surface area (Å²) in [5.41, 5.74) is 4.16. The number of ketones is 1. The Labute approximate surface area is 222 Å². The second-order valence-electron chi connectivity index (χ2n) is 9.65. The number of rotatable bonds is 13. The molecule has 0 radical (unpaired) electrons. The zero-order valence-corrected chi connectivity index (χ0v) is 22.4. The molecule has 38 heavy (non-hydrogen) atoms. The van der Waals surface area contributed by atoms with Crippen molar-refractivity contribution >= 4 is 40.1 Å². The fraction of sp³-hybridized carbons (Fsp3) is 0.414. The molecule has 9 heteroatoms. The lowest BCUT2D eigenvalue weighted by Crippen LogP contribution is -2.22. The van der Waals surface area contributed by atoms with Gasteiger partial charge in [0, 0.05) is 69.0 Å². The Balaban J connectivity index is 1.67. The summed E-state index contributed by atoms with van der Waals surface area (Å²) >= 11 is 0. The molecule has 9 nitrogen and oxygen atoms in total. The molecule has 200 valence electrons. The van der Waals surface area contributed by atoms with Gasteiger partial charge in [-0.2, -0.15) is 0 Å². The standard InChI is InChI=1S/C29H34N4O5/c1-19(14-27(36)37)13-26(35)28-24-16-22(30-3)17-31-29(24)33(5)25(28)11-6-7-12-38-18-21-9-8-10-23(15-21)32(4)20(2)34/h8-10,15-17,19H,6-7,11-14,18H2,1-2,4-5H3,(H,36,37). The van der Waals surface area contributed by atoms with Gasteiger partial charge >= 0.3 is 5.97 Å². The third kappa shape index (κ3) is 7.05. The zero-order valence-electron chi connectivity index (χ0n) is 22.4. The molecule has 0 aliphatic carbocycles. The number of amides is 1. The van der Waals surface area contributed by atoms with Gasteiger partial charge in [0.15, 0.2) is 5.78 Å². The monoisotopic (exact) mass is 518 g/mol. The smallest absolute Gasteiger partial charge is 0.303 e. The van der Waals surface area contributed by atoms with E-state index in [2.05, 4.69) is 9.83 Å². The SMILES string of the molecule is [C-]#[N+]c1cnc2c(c1)c(C(=O)CC(C)CC(=O)O)c(CCCCOCc1cccc(N(C)C(C)=O)c1)n2C. The van der Waals surface area contributed by atoms with Crippen LogP contribution in [0.3, 0.4) is 0 Å². The van der Waals surface area contributed by atoms with Crippen molar-refractivity contribution in [2.24, 2.45) is 13.0 Å². The highest BCUT2D eigenvalue weighted by atomic mass is 16.5. The number of hydrogen-bond donors (Lipinski definition) is 1. The highest BCUT2D eigenvalue weighted by molar-refractivity contribution is 6.09. The van der Waals surface area contributed by atoms with Crippen LogP contribution in [-0.2, 0) is 34.4 Å². The van der Waals surface area contributed by atoms with Crippen molar-refractivity contribution in [3.63, 3.8) is 0 Å². The predicted molar refractivity (Wildman–Crippen MR) is 145 cm³/mol. The Morgan fingerprint density at radius 3 is 2.66 bits per heavy atom. The number of nitrogens with zero attached hydrogens (tertiary/aromatic N) is 4. The Morgan fingerprint density at radius 1 is 1.21 bits per heavy atom. The molecule has 2 heterocycles. The number of carboxylic acids is 1. The second-order valence-corrected chi connectivity index (χ2v) is 9.65. The van der Waals surface area contributed by atoms with E-state index in [1.807, 2.05) is 35.9 Å². The van der Waals surface area contributed by atoms with Crippen LogP contribution in [0.1, 0.15) is 61.1 Å². The lowest BCUT2D eigenvalue weighted by molar-refractivity contribution is -0.137. The molecule has 1 amide bonds. The largest absolute Gasteiger partial charge is 0.481 e. The summed E-state index contributed by atoms with van der Waals surface area (Å²) in [5.74, 6) is -1.40. The number of benzene rings is 1. The highest BCUT2D eigenvalue weighted by Gasteiger charge is 2.24. The average molecular weight is 519 g/mol. The van der Waals surface area contributed by atoms with E-state index >= 15 is 0 Å². The number of ether oxygens (including phenoxy) is 1. The van der Waals surface area contributed by atoms with E-state index in [4.69, 9.17) is 16.4 Å². The molecule has 0 saturated heterocycles. The Bertz CT molecular complexity index is 1370. The first-order valence-corrected chi connectivity index (χ1v) is 12.6. The van der Waals surface area contributed by atoms with E-state index in [0.29, 0.717) is 41.9 Å². The van der Waals surface area contributed by atoms with Gasteiger partial charge in [-0.25, -0.2) is 9.83 Å². The average Bonchev–Trinajstić information content (AvgIpc) is 3.15. The minimum atomic E-state index is -0.932. The minimum Gasteiger partial charge on any atom is -0.481 e. The summed E-state index contributed by atoms with van der Waals surface area (Å²) in [6.07, 6.45) is 3.70. The predicted octanol–water partition coefficient (Wildman–Crippen LogP) is 5.33. The van der Waals surface area contributed by atoms with E-state index in [1.54, 1.807) is 24.9 Å². The van der Waals surface area contributed by atoms with Gasteiger partial charge < -0.3 is 19.3 Å². The molecule has 0 bridgehead atoms. The molecule has 0 aliphatic heterocycles. The fourth-order valence-corrected chi connectivity index (χ4v) is 4.53. The molecule has 3 rings (SSSR count). The van der Waals surface area contributed by atoms with Crippen LogP contribution < -0.4 is 4.90 Å². The number of aryl methyl sites for hydroxylation is 1. The van der Waals surface area contributed by atoms with E-state index in [1.165, 1.54) is 13.1 Å². The summed E-state index contributed by atoms with van der Waals surface area (Å²) in [6.45, 7) is 11.6. The number of carboxylic acid groups (broad SMARTS) is 1. The molecular formula is C29H34N4O5. The van der Waals surface area contributed by atoms with Crippen molar-refractivity contribution < 1.29 is 24.2 Å². The van der Waals surface area contributed by atoms with E-state index in [9.17, 15) is 14.4 Å². The lowest BCUT2D eigenvalue weighted by atomic mass is 9.94. The molecule has 1 N–H and O–H groups in total. The van der Waals surface area contributed by atoms with Crippen molar-refractivity contribution in [2.45, 2.75) is 52.6 Å². The molecule has 0 aliphatic rings. The molecule has 1 atom stereocenters. The van der Waals surface area contributed by atoms with Crippen LogP contribution in [0.5, 0.6) is 0 Å². The van der Waals surface area contributed by atoms with Gasteiger partial charge in [-0.1, -0.05) is 19.1 Å². The van der Waals surface area contributed by atoms with Crippen molar-refractivity contribution in [3.05, 3.63) is 64.8 Å². The zero-order chi connectivity index (χ0) is 27.8. The number of aliphatic carboxylic acids is 1. The third-order valence-electron chi connectivity index (χ3n) is 6.59. The van der Waals surface area contributed by atoms with Gasteiger partial charge in [0.05, 0.1) is 13.2 Å². The maximum atomic E-state index is 13.3. The van der Waals surface area contributed by atoms with Gasteiger partial charge in [-0.3, -0.25) is 14.4 Å². The highest BCUT2D eigenvalue weighted by Crippen LogP contribution is 2.30. The number of aromatic nitrogens is 2. The van der Waals surface area contributed by atoms with Crippen molar-refractivity contribution in [3.8, 4) is 0 Å². The Morgan fingerprint density at radius 2 is 1.97 bits per heavy atom. The normalized spacial score (nSPS) is 11.8. The number of carbonyl (C=O) groups is 3. The first-order valence-electron chi connectivity index (χ1n) is 12.6. The number of unbranched alkanes of at least 4 members (excludes halogenated alkanes) is 1. The van der Waals surface area contributed by atoms with Crippen LogP contribution in [0.15, 0.2) is 36.5 Å². The lowest BCUT2D eigenvalue weighted by Gasteiger charge is -2.16. The first kappa shape index (κ1) is 28.5. The maximum Gasteiger partial charge on any atom is 0.303 e. The van der Waals surface area contributed by atoms with Crippen molar-refractivity contribution in [1.29, 1.82) is 0 Å². The number of carbonyl (C=O) groups excluding carboxylic acids is 2. The minimum absolute atomic E-state index is 0.0360. The molecule has 0 spiro atoms. The Hall–Kier alpha value is -4.03. The summed E-state index contributed by atoms with van der Waals surface area (Å²) in [6, 6.07) is 9.36. The number of hydrogen-bond acceptors (Lipinski definition) is 5. The Kier molecular flexibility index (Phi) is 9.74. The second kappa shape index (κ2) is 13.0. The molecule has 0 fully saturated rings. The molecular weight excluding hydrogens is 484 g/mol. The van der Waals surface area contributed by atoms with Gasteiger partial charge in [-0.15, -0.1) is 0 Å². The number of pyridine rings is 1.